The monoisotopic (exact) mass is 454 g/mol. The minimum atomic E-state index is -3.98. The fourth-order valence-electron chi connectivity index (χ4n) is 2.66. The molecule has 9 heteroatoms. The summed E-state index contributed by atoms with van der Waals surface area (Å²) in [7, 11) is -3.98. The zero-order valence-electron chi connectivity index (χ0n) is 17.1. The van der Waals surface area contributed by atoms with Gasteiger partial charge in [0.05, 0.1) is 17.2 Å². The van der Waals surface area contributed by atoms with Gasteiger partial charge in [0, 0.05) is 24.8 Å². The Kier molecular flexibility index (Phi) is 9.42. The first-order valence-electron chi connectivity index (χ1n) is 9.74. The van der Waals surface area contributed by atoms with Gasteiger partial charge in [-0.15, -0.1) is 0 Å². The summed E-state index contributed by atoms with van der Waals surface area (Å²) >= 11 is 5.89. The number of carbonyl (C=O) groups excluding carboxylic acids is 1. The van der Waals surface area contributed by atoms with Crippen molar-refractivity contribution in [1.29, 1.82) is 0 Å². The summed E-state index contributed by atoms with van der Waals surface area (Å²) < 4.78 is 38.2. The molecule has 0 aliphatic heterocycles. The van der Waals surface area contributed by atoms with Crippen LogP contribution in [0.5, 0.6) is 5.75 Å². The van der Waals surface area contributed by atoms with Crippen molar-refractivity contribution in [1.82, 2.24) is 5.32 Å². The van der Waals surface area contributed by atoms with Crippen LogP contribution >= 0.6 is 11.6 Å². The molecule has 0 spiro atoms. The summed E-state index contributed by atoms with van der Waals surface area (Å²) in [6.45, 7) is 5.44. The number of rotatable bonds is 12. The van der Waals surface area contributed by atoms with E-state index < -0.39 is 15.9 Å². The minimum absolute atomic E-state index is 0.0462. The zero-order valence-corrected chi connectivity index (χ0v) is 18.7. The molecule has 0 saturated heterocycles. The number of nitrogens with zero attached hydrogens (tertiary/aromatic N) is 1. The number of ether oxygens (including phenoxy) is 2. The highest BCUT2D eigenvalue weighted by atomic mass is 35.5. The zero-order chi connectivity index (χ0) is 22.0. The van der Waals surface area contributed by atoms with E-state index in [0.29, 0.717) is 49.2 Å². The van der Waals surface area contributed by atoms with Gasteiger partial charge < -0.3 is 14.8 Å². The van der Waals surface area contributed by atoms with E-state index in [9.17, 15) is 13.2 Å². The van der Waals surface area contributed by atoms with E-state index in [0.717, 1.165) is 4.31 Å². The van der Waals surface area contributed by atoms with Gasteiger partial charge in [0.2, 0.25) is 5.91 Å². The molecule has 30 heavy (non-hydrogen) atoms. The molecule has 0 bridgehead atoms. The van der Waals surface area contributed by atoms with Crippen LogP contribution in [0.4, 0.5) is 5.69 Å². The summed E-state index contributed by atoms with van der Waals surface area (Å²) in [5.41, 5.74) is 0.359. The molecule has 0 fully saturated rings. The highest BCUT2D eigenvalue weighted by molar-refractivity contribution is 7.92. The Morgan fingerprint density at radius 1 is 1.03 bits per heavy atom. The van der Waals surface area contributed by atoms with Gasteiger partial charge in [0.15, 0.2) is 0 Å². The molecular formula is C21H27ClN2O5S. The Labute approximate surface area is 183 Å². The Balaban J connectivity index is 2.23. The first-order valence-corrected chi connectivity index (χ1v) is 11.6. The third-order valence-corrected chi connectivity index (χ3v) is 6.16. The fraction of sp³-hybridized carbons (Fsp3) is 0.381. The number of sulfonamides is 1. The molecule has 0 unspecified atom stereocenters. The number of hydrogen-bond donors (Lipinski definition) is 1. The summed E-state index contributed by atoms with van der Waals surface area (Å²) in [6.07, 6.45) is 0.645. The van der Waals surface area contributed by atoms with E-state index in [2.05, 4.69) is 5.32 Å². The maximum absolute atomic E-state index is 13.3. The van der Waals surface area contributed by atoms with Crippen LogP contribution < -0.4 is 14.4 Å². The van der Waals surface area contributed by atoms with Crippen molar-refractivity contribution in [3.63, 3.8) is 0 Å². The Morgan fingerprint density at radius 3 is 2.30 bits per heavy atom. The molecule has 7 nitrogen and oxygen atoms in total. The second-order valence-electron chi connectivity index (χ2n) is 6.29. The SMILES string of the molecule is CCOCCCNC(=O)CN(c1ccc(OCC)cc1)S(=O)(=O)c1ccc(Cl)cc1. The topological polar surface area (TPSA) is 84.9 Å². The van der Waals surface area contributed by atoms with Gasteiger partial charge in [0.1, 0.15) is 12.3 Å². The number of amides is 1. The number of halogens is 1. The molecule has 0 aromatic heterocycles. The first-order chi connectivity index (χ1) is 14.4. The quantitative estimate of drug-likeness (QED) is 0.496. The molecule has 0 heterocycles. The molecule has 0 radical (unpaired) electrons. The molecule has 0 saturated carbocycles. The summed E-state index contributed by atoms with van der Waals surface area (Å²) in [5, 5.41) is 3.16. The lowest BCUT2D eigenvalue weighted by Gasteiger charge is -2.24. The maximum Gasteiger partial charge on any atom is 0.264 e. The standard InChI is InChI=1S/C21H27ClN2O5S/c1-3-28-15-5-14-23-21(25)16-24(18-8-10-19(11-9-18)29-4-2)30(26,27)20-12-6-17(22)7-13-20/h6-13H,3-5,14-16H2,1-2H3,(H,23,25). The van der Waals surface area contributed by atoms with Gasteiger partial charge in [-0.25, -0.2) is 8.42 Å². The van der Waals surface area contributed by atoms with Crippen LogP contribution in [0.2, 0.25) is 5.02 Å². The summed E-state index contributed by atoms with van der Waals surface area (Å²) in [6, 6.07) is 12.4. The minimum Gasteiger partial charge on any atom is -0.494 e. The van der Waals surface area contributed by atoms with Crippen LogP contribution in [0.3, 0.4) is 0 Å². The van der Waals surface area contributed by atoms with Crippen molar-refractivity contribution < 1.29 is 22.7 Å². The Morgan fingerprint density at radius 2 is 1.70 bits per heavy atom. The number of carbonyl (C=O) groups is 1. The lowest BCUT2D eigenvalue weighted by Crippen LogP contribution is -2.41. The van der Waals surface area contributed by atoms with Gasteiger partial charge >= 0.3 is 0 Å². The molecule has 1 amide bonds. The van der Waals surface area contributed by atoms with Crippen molar-refractivity contribution >= 4 is 33.2 Å². The van der Waals surface area contributed by atoms with Crippen molar-refractivity contribution in [2.45, 2.75) is 25.2 Å². The fourth-order valence-corrected chi connectivity index (χ4v) is 4.20. The third-order valence-electron chi connectivity index (χ3n) is 4.12. The van der Waals surface area contributed by atoms with Crippen LogP contribution in [-0.4, -0.2) is 47.2 Å². The highest BCUT2D eigenvalue weighted by Crippen LogP contribution is 2.26. The average Bonchev–Trinajstić information content (AvgIpc) is 2.73. The molecule has 1 N–H and O–H groups in total. The lowest BCUT2D eigenvalue weighted by atomic mass is 10.3. The Bertz CT molecular complexity index is 902. The summed E-state index contributed by atoms with van der Waals surface area (Å²) in [5.74, 6) is 0.211. The van der Waals surface area contributed by atoms with Crippen molar-refractivity contribution in [2.24, 2.45) is 0 Å². The second-order valence-corrected chi connectivity index (χ2v) is 8.59. The molecule has 164 valence electrons. The van der Waals surface area contributed by atoms with Crippen LogP contribution in [0.1, 0.15) is 20.3 Å². The molecule has 2 aromatic carbocycles. The number of nitrogens with one attached hydrogen (secondary N) is 1. The van der Waals surface area contributed by atoms with E-state index in [-0.39, 0.29) is 11.4 Å². The van der Waals surface area contributed by atoms with Crippen molar-refractivity contribution in [3.8, 4) is 5.75 Å². The normalized spacial score (nSPS) is 11.2. The third kappa shape index (κ3) is 6.90. The predicted octanol–water partition coefficient (Wildman–Crippen LogP) is 3.48. The molecule has 0 aliphatic rings. The molecular weight excluding hydrogens is 428 g/mol. The van der Waals surface area contributed by atoms with Crippen molar-refractivity contribution in [3.05, 3.63) is 53.6 Å². The number of anilines is 1. The van der Waals surface area contributed by atoms with E-state index in [1.807, 2.05) is 13.8 Å². The lowest BCUT2D eigenvalue weighted by molar-refractivity contribution is -0.119. The average molecular weight is 455 g/mol. The van der Waals surface area contributed by atoms with Gasteiger partial charge in [-0.2, -0.15) is 0 Å². The van der Waals surface area contributed by atoms with Crippen LogP contribution in [-0.2, 0) is 19.6 Å². The maximum atomic E-state index is 13.3. The van der Waals surface area contributed by atoms with Crippen LogP contribution in [0.15, 0.2) is 53.4 Å². The molecule has 0 aliphatic carbocycles. The predicted molar refractivity (Wildman–Crippen MR) is 118 cm³/mol. The largest absolute Gasteiger partial charge is 0.494 e. The van der Waals surface area contributed by atoms with Gasteiger partial charge in [-0.3, -0.25) is 9.10 Å². The van der Waals surface area contributed by atoms with Gasteiger partial charge in [-0.05, 0) is 68.8 Å². The first kappa shape index (κ1) is 24.0. The van der Waals surface area contributed by atoms with Crippen LogP contribution in [0, 0.1) is 0 Å². The summed E-state index contributed by atoms with van der Waals surface area (Å²) in [4.78, 5) is 12.5. The van der Waals surface area contributed by atoms with E-state index in [1.165, 1.54) is 24.3 Å². The van der Waals surface area contributed by atoms with Gasteiger partial charge in [-0.1, -0.05) is 11.6 Å². The molecule has 0 atom stereocenters. The molecule has 2 aromatic rings. The van der Waals surface area contributed by atoms with Gasteiger partial charge in [0.25, 0.3) is 10.0 Å². The highest BCUT2D eigenvalue weighted by Gasteiger charge is 2.27. The van der Waals surface area contributed by atoms with Crippen molar-refractivity contribution in [2.75, 3.05) is 37.2 Å². The molecule has 2 rings (SSSR count). The number of benzene rings is 2. The second kappa shape index (κ2) is 11.8. The van der Waals surface area contributed by atoms with Crippen LogP contribution in [0.25, 0.3) is 0 Å². The van der Waals surface area contributed by atoms with E-state index in [4.69, 9.17) is 21.1 Å². The van der Waals surface area contributed by atoms with E-state index in [1.54, 1.807) is 24.3 Å². The smallest absolute Gasteiger partial charge is 0.264 e. The Hall–Kier alpha value is -2.29. The van der Waals surface area contributed by atoms with E-state index >= 15 is 0 Å². The number of hydrogen-bond acceptors (Lipinski definition) is 5.